The Balaban J connectivity index is 1.62. The van der Waals surface area contributed by atoms with Crippen molar-refractivity contribution in [2.75, 3.05) is 20.8 Å². The number of methoxy groups -OCH3 is 2. The van der Waals surface area contributed by atoms with Gasteiger partial charge in [0.25, 0.3) is 5.56 Å². The molecule has 3 aromatic rings. The maximum absolute atomic E-state index is 13.0. The predicted molar refractivity (Wildman–Crippen MR) is 140 cm³/mol. The number of carbonyl (C=O) groups is 1. The Morgan fingerprint density at radius 2 is 1.89 bits per heavy atom. The summed E-state index contributed by atoms with van der Waals surface area (Å²) >= 11 is 7.34. The molecule has 0 radical (unpaired) electrons. The third-order valence-electron chi connectivity index (χ3n) is 5.63. The van der Waals surface area contributed by atoms with E-state index < -0.39 is 5.25 Å². The van der Waals surface area contributed by atoms with Gasteiger partial charge in [0.15, 0.2) is 16.7 Å². The molecule has 0 saturated heterocycles. The summed E-state index contributed by atoms with van der Waals surface area (Å²) in [6, 6.07) is 13.1. The van der Waals surface area contributed by atoms with Gasteiger partial charge in [0, 0.05) is 36.3 Å². The van der Waals surface area contributed by atoms with Gasteiger partial charge < -0.3 is 14.8 Å². The van der Waals surface area contributed by atoms with Gasteiger partial charge in [-0.1, -0.05) is 41.6 Å². The highest BCUT2D eigenvalue weighted by atomic mass is 35.5. The highest BCUT2D eigenvalue weighted by Crippen LogP contribution is 2.27. The number of amides is 1. The SMILES string of the molecule is COc1ccc(CCNC(=O)C(C)Sc2nc(C)c(Cc3cccc(Cl)c3)c(=O)n2C)cc1OC. The van der Waals surface area contributed by atoms with Crippen molar-refractivity contribution in [3.8, 4) is 11.5 Å². The second-order valence-corrected chi connectivity index (χ2v) is 9.86. The Labute approximate surface area is 214 Å². The van der Waals surface area contributed by atoms with Crippen LogP contribution in [0.25, 0.3) is 0 Å². The van der Waals surface area contributed by atoms with E-state index in [-0.39, 0.29) is 11.5 Å². The summed E-state index contributed by atoms with van der Waals surface area (Å²) in [6.07, 6.45) is 1.10. The van der Waals surface area contributed by atoms with Crippen molar-refractivity contribution < 1.29 is 14.3 Å². The number of ether oxygens (including phenoxy) is 2. The average molecular weight is 516 g/mol. The topological polar surface area (TPSA) is 82.5 Å². The summed E-state index contributed by atoms with van der Waals surface area (Å²) in [4.78, 5) is 30.3. The first kappa shape index (κ1) is 26.6. The highest BCUT2D eigenvalue weighted by Gasteiger charge is 2.19. The van der Waals surface area contributed by atoms with E-state index >= 15 is 0 Å². The monoisotopic (exact) mass is 515 g/mol. The summed E-state index contributed by atoms with van der Waals surface area (Å²) in [7, 11) is 4.87. The van der Waals surface area contributed by atoms with Crippen LogP contribution in [0, 0.1) is 6.92 Å². The molecule has 1 aromatic heterocycles. The number of hydrogen-bond acceptors (Lipinski definition) is 6. The van der Waals surface area contributed by atoms with Crippen LogP contribution in [0.1, 0.15) is 29.3 Å². The van der Waals surface area contributed by atoms with Crippen LogP contribution in [0.5, 0.6) is 11.5 Å². The first-order chi connectivity index (χ1) is 16.7. The van der Waals surface area contributed by atoms with Crippen LogP contribution in [0.2, 0.25) is 5.02 Å². The molecule has 2 aromatic carbocycles. The van der Waals surface area contributed by atoms with Gasteiger partial charge in [-0.2, -0.15) is 0 Å². The summed E-state index contributed by atoms with van der Waals surface area (Å²) in [5.74, 6) is 1.20. The molecule has 35 heavy (non-hydrogen) atoms. The summed E-state index contributed by atoms with van der Waals surface area (Å²) < 4.78 is 12.1. The van der Waals surface area contributed by atoms with Gasteiger partial charge in [0.05, 0.1) is 19.5 Å². The van der Waals surface area contributed by atoms with Crippen LogP contribution < -0.4 is 20.3 Å². The molecule has 0 aliphatic rings. The molecule has 1 heterocycles. The van der Waals surface area contributed by atoms with Crippen molar-refractivity contribution in [1.29, 1.82) is 0 Å². The van der Waals surface area contributed by atoms with E-state index in [1.165, 1.54) is 16.3 Å². The van der Waals surface area contributed by atoms with E-state index in [0.29, 0.717) is 52.3 Å². The maximum Gasteiger partial charge on any atom is 0.257 e. The average Bonchev–Trinajstić information content (AvgIpc) is 2.84. The van der Waals surface area contributed by atoms with E-state index in [4.69, 9.17) is 21.1 Å². The van der Waals surface area contributed by atoms with Gasteiger partial charge in [-0.3, -0.25) is 14.2 Å². The van der Waals surface area contributed by atoms with Crippen molar-refractivity contribution in [2.45, 2.75) is 37.1 Å². The lowest BCUT2D eigenvalue weighted by Gasteiger charge is -2.16. The van der Waals surface area contributed by atoms with E-state index in [9.17, 15) is 9.59 Å². The van der Waals surface area contributed by atoms with Crippen molar-refractivity contribution in [3.05, 3.63) is 80.2 Å². The first-order valence-electron chi connectivity index (χ1n) is 11.2. The Hall–Kier alpha value is -2.97. The minimum absolute atomic E-state index is 0.120. The summed E-state index contributed by atoms with van der Waals surface area (Å²) in [5.41, 5.74) is 3.11. The molecular formula is C26H30ClN3O4S. The van der Waals surface area contributed by atoms with Gasteiger partial charge in [-0.25, -0.2) is 4.98 Å². The lowest BCUT2D eigenvalue weighted by Crippen LogP contribution is -2.33. The third-order valence-corrected chi connectivity index (χ3v) is 7.01. The summed E-state index contributed by atoms with van der Waals surface area (Å²) in [5, 5.41) is 3.67. The van der Waals surface area contributed by atoms with Gasteiger partial charge in [0.2, 0.25) is 5.91 Å². The van der Waals surface area contributed by atoms with Crippen molar-refractivity contribution in [2.24, 2.45) is 7.05 Å². The fraction of sp³-hybridized carbons (Fsp3) is 0.346. The van der Waals surface area contributed by atoms with Gasteiger partial charge in [-0.15, -0.1) is 0 Å². The zero-order valence-electron chi connectivity index (χ0n) is 20.6. The third kappa shape index (κ3) is 6.80. The normalized spacial score (nSPS) is 11.7. The number of hydrogen-bond donors (Lipinski definition) is 1. The molecule has 0 fully saturated rings. The molecule has 0 bridgehead atoms. The van der Waals surface area contributed by atoms with Gasteiger partial charge in [-0.05, 0) is 55.7 Å². The zero-order chi connectivity index (χ0) is 25.5. The Morgan fingerprint density at radius 1 is 1.14 bits per heavy atom. The number of nitrogens with one attached hydrogen (secondary N) is 1. The van der Waals surface area contributed by atoms with Crippen LogP contribution in [-0.2, 0) is 24.7 Å². The Kier molecular flexibility index (Phi) is 9.23. The van der Waals surface area contributed by atoms with Crippen molar-refractivity contribution in [1.82, 2.24) is 14.9 Å². The lowest BCUT2D eigenvalue weighted by atomic mass is 10.1. The largest absolute Gasteiger partial charge is 0.493 e. The van der Waals surface area contributed by atoms with Crippen LogP contribution in [-0.4, -0.2) is 41.5 Å². The van der Waals surface area contributed by atoms with Crippen LogP contribution in [0.4, 0.5) is 0 Å². The van der Waals surface area contributed by atoms with Gasteiger partial charge in [0.1, 0.15) is 0 Å². The van der Waals surface area contributed by atoms with Crippen LogP contribution >= 0.6 is 23.4 Å². The molecule has 1 N–H and O–H groups in total. The van der Waals surface area contributed by atoms with E-state index in [0.717, 1.165) is 11.1 Å². The number of thioether (sulfide) groups is 1. The minimum Gasteiger partial charge on any atom is -0.493 e. The Morgan fingerprint density at radius 3 is 2.57 bits per heavy atom. The number of aryl methyl sites for hydroxylation is 1. The lowest BCUT2D eigenvalue weighted by molar-refractivity contribution is -0.120. The molecule has 0 aliphatic heterocycles. The molecule has 7 nitrogen and oxygen atoms in total. The number of nitrogens with zero attached hydrogens (tertiary/aromatic N) is 2. The number of halogens is 1. The standard InChI is InChI=1S/C26H30ClN3O4S/c1-16-21(14-19-7-6-8-20(27)13-19)25(32)30(3)26(29-16)35-17(2)24(31)28-12-11-18-9-10-22(33-4)23(15-18)34-5/h6-10,13,15,17H,11-12,14H2,1-5H3,(H,28,31). The molecule has 9 heteroatoms. The molecule has 1 amide bonds. The molecule has 0 saturated carbocycles. The van der Waals surface area contributed by atoms with E-state index in [1.807, 2.05) is 43.3 Å². The fourth-order valence-electron chi connectivity index (χ4n) is 3.61. The zero-order valence-corrected chi connectivity index (χ0v) is 22.1. The molecule has 0 aliphatic carbocycles. The molecule has 0 spiro atoms. The van der Waals surface area contributed by atoms with E-state index in [1.54, 1.807) is 34.3 Å². The van der Waals surface area contributed by atoms with Crippen molar-refractivity contribution in [3.63, 3.8) is 0 Å². The molecular weight excluding hydrogens is 486 g/mol. The molecule has 3 rings (SSSR count). The van der Waals surface area contributed by atoms with E-state index in [2.05, 4.69) is 10.3 Å². The Bertz CT molecular complexity index is 1260. The molecule has 1 unspecified atom stereocenters. The second-order valence-electron chi connectivity index (χ2n) is 8.12. The molecule has 1 atom stereocenters. The van der Waals surface area contributed by atoms with Crippen LogP contribution in [0.3, 0.4) is 0 Å². The maximum atomic E-state index is 13.0. The number of carbonyl (C=O) groups excluding carboxylic acids is 1. The highest BCUT2D eigenvalue weighted by molar-refractivity contribution is 8.00. The predicted octanol–water partition coefficient (Wildman–Crippen LogP) is 4.19. The first-order valence-corrected chi connectivity index (χ1v) is 12.5. The fourth-order valence-corrected chi connectivity index (χ4v) is 4.76. The minimum atomic E-state index is -0.420. The smallest absolute Gasteiger partial charge is 0.257 e. The number of benzene rings is 2. The number of aromatic nitrogens is 2. The summed E-state index contributed by atoms with van der Waals surface area (Å²) in [6.45, 7) is 4.10. The molecule has 186 valence electrons. The van der Waals surface area contributed by atoms with Gasteiger partial charge >= 0.3 is 0 Å². The van der Waals surface area contributed by atoms with Crippen LogP contribution in [0.15, 0.2) is 52.4 Å². The number of rotatable bonds is 10. The second kappa shape index (κ2) is 12.1. The quantitative estimate of drug-likeness (QED) is 0.322. The van der Waals surface area contributed by atoms with Crippen molar-refractivity contribution >= 4 is 29.3 Å².